The lowest BCUT2D eigenvalue weighted by Gasteiger charge is -2.19. The molecule has 3 N–H and O–H groups in total. The van der Waals surface area contributed by atoms with Crippen LogP contribution in [0.1, 0.15) is 37.7 Å². The molecule has 228 valence electrons. The van der Waals surface area contributed by atoms with Crippen LogP contribution in [0.25, 0.3) is 27.6 Å². The molecule has 3 heterocycles. The minimum atomic E-state index is -0.338. The van der Waals surface area contributed by atoms with Gasteiger partial charge in [-0.25, -0.2) is 9.48 Å². The number of aromatic nitrogens is 3. The molecule has 0 radical (unpaired) electrons. The topological polar surface area (TPSA) is 105 Å². The molecule has 3 aromatic carbocycles. The Kier molecular flexibility index (Phi) is 9.39. The first kappa shape index (κ1) is 30.9. The molecular weight excluding hydrogens is 552 g/mol. The number of aryl methyl sites for hydroxylation is 2. The average molecular weight is 593 g/mol. The maximum Gasteiger partial charge on any atom is 0.324 e. The molecule has 9 nitrogen and oxygen atoms in total. The number of hydrogen-bond acceptors (Lipinski definition) is 6. The zero-order valence-electron chi connectivity index (χ0n) is 26.0. The van der Waals surface area contributed by atoms with Crippen LogP contribution in [0, 0.1) is 13.8 Å². The van der Waals surface area contributed by atoms with E-state index in [1.54, 1.807) is 10.9 Å². The SMILES string of the molecule is Cc1ccc(-c2ccc(NC(=O)Nc3cc(C(C)(C)C)nn3-c3ccc(C)nc3)c3ccccc23)cc1.ON1CCOCC1. The molecule has 0 spiro atoms. The van der Waals surface area contributed by atoms with Gasteiger partial charge in [0, 0.05) is 35.7 Å². The number of anilines is 2. The number of carbonyl (C=O) groups excluding carboxylic acids is 1. The maximum absolute atomic E-state index is 13.2. The highest BCUT2D eigenvalue weighted by atomic mass is 16.5. The van der Waals surface area contributed by atoms with Crippen LogP contribution in [-0.4, -0.2) is 57.4 Å². The molecule has 1 aliphatic heterocycles. The van der Waals surface area contributed by atoms with Gasteiger partial charge in [-0.3, -0.25) is 10.3 Å². The quantitative estimate of drug-likeness (QED) is 0.202. The Morgan fingerprint density at radius 2 is 1.59 bits per heavy atom. The van der Waals surface area contributed by atoms with Crippen molar-refractivity contribution in [2.75, 3.05) is 36.9 Å². The lowest BCUT2D eigenvalue weighted by Crippen LogP contribution is -2.33. The first-order valence-corrected chi connectivity index (χ1v) is 14.8. The van der Waals surface area contributed by atoms with Gasteiger partial charge < -0.3 is 15.3 Å². The van der Waals surface area contributed by atoms with Crippen molar-refractivity contribution in [3.8, 4) is 16.8 Å². The number of hydrogen-bond donors (Lipinski definition) is 3. The van der Waals surface area contributed by atoms with E-state index in [1.165, 1.54) is 10.6 Å². The average Bonchev–Trinajstić information content (AvgIpc) is 3.43. The van der Waals surface area contributed by atoms with Crippen molar-refractivity contribution in [2.45, 2.75) is 40.0 Å². The van der Waals surface area contributed by atoms with Crippen LogP contribution in [0.4, 0.5) is 16.3 Å². The van der Waals surface area contributed by atoms with Crippen LogP contribution in [0.3, 0.4) is 0 Å². The van der Waals surface area contributed by atoms with E-state index in [2.05, 4.69) is 79.7 Å². The summed E-state index contributed by atoms with van der Waals surface area (Å²) in [5.74, 6) is 0.577. The van der Waals surface area contributed by atoms with Gasteiger partial charge in [-0.15, -0.1) is 0 Å². The number of rotatable bonds is 4. The van der Waals surface area contributed by atoms with Gasteiger partial charge in [0.15, 0.2) is 0 Å². The summed E-state index contributed by atoms with van der Waals surface area (Å²) in [6, 6.07) is 26.1. The molecule has 0 unspecified atom stereocenters. The number of benzene rings is 3. The van der Waals surface area contributed by atoms with E-state index in [0.717, 1.165) is 44.7 Å². The molecule has 0 atom stereocenters. The third kappa shape index (κ3) is 7.49. The molecule has 2 amide bonds. The Hall–Kier alpha value is -4.57. The molecule has 1 fully saturated rings. The number of carbonyl (C=O) groups is 1. The minimum Gasteiger partial charge on any atom is -0.379 e. The van der Waals surface area contributed by atoms with E-state index in [9.17, 15) is 4.79 Å². The molecule has 5 aromatic rings. The van der Waals surface area contributed by atoms with Crippen molar-refractivity contribution >= 4 is 28.3 Å². The third-order valence-electron chi connectivity index (χ3n) is 7.38. The van der Waals surface area contributed by atoms with Crippen molar-refractivity contribution in [3.63, 3.8) is 0 Å². The fourth-order valence-corrected chi connectivity index (χ4v) is 4.84. The van der Waals surface area contributed by atoms with E-state index in [1.807, 2.05) is 49.4 Å². The molecule has 2 aromatic heterocycles. The van der Waals surface area contributed by atoms with Gasteiger partial charge in [0.2, 0.25) is 0 Å². The summed E-state index contributed by atoms with van der Waals surface area (Å²) in [4.78, 5) is 17.6. The minimum absolute atomic E-state index is 0.182. The standard InChI is InChI=1S/C31H31N5O.C4H9NO2/c1-20-10-13-22(14-11-20)24-16-17-27(26-9-7-6-8-25(24)26)33-30(37)34-29-18-28(31(3,4)5)35-36(29)23-15-12-21(2)32-19-23;6-5-1-3-7-4-2-5/h6-19H,1-5H3,(H2,33,34,37);6H,1-4H2. The highest BCUT2D eigenvalue weighted by Crippen LogP contribution is 2.34. The van der Waals surface area contributed by atoms with Crippen molar-refractivity contribution in [1.29, 1.82) is 0 Å². The number of nitrogens with one attached hydrogen (secondary N) is 2. The van der Waals surface area contributed by atoms with Gasteiger partial charge in [-0.05, 0) is 48.6 Å². The Labute approximate surface area is 258 Å². The Morgan fingerprint density at radius 1 is 0.886 bits per heavy atom. The summed E-state index contributed by atoms with van der Waals surface area (Å²) < 4.78 is 6.67. The lowest BCUT2D eigenvalue weighted by molar-refractivity contribution is -0.143. The normalized spacial score (nSPS) is 13.7. The van der Waals surface area contributed by atoms with Crippen LogP contribution in [-0.2, 0) is 10.2 Å². The first-order valence-electron chi connectivity index (χ1n) is 14.8. The van der Waals surface area contributed by atoms with Gasteiger partial charge in [0.25, 0.3) is 0 Å². The number of fused-ring (bicyclic) bond motifs is 1. The predicted octanol–water partition coefficient (Wildman–Crippen LogP) is 7.35. The van der Waals surface area contributed by atoms with Gasteiger partial charge in [0.1, 0.15) is 5.82 Å². The molecule has 1 saturated heterocycles. The molecule has 1 aliphatic rings. The van der Waals surface area contributed by atoms with Crippen molar-refractivity contribution in [2.24, 2.45) is 0 Å². The Balaban J connectivity index is 0.000000484. The second kappa shape index (κ2) is 13.4. The zero-order valence-corrected chi connectivity index (χ0v) is 26.0. The maximum atomic E-state index is 13.2. The van der Waals surface area contributed by atoms with Gasteiger partial charge in [-0.2, -0.15) is 10.2 Å². The van der Waals surface area contributed by atoms with E-state index < -0.39 is 0 Å². The molecular formula is C35H40N6O3. The van der Waals surface area contributed by atoms with E-state index in [0.29, 0.717) is 32.1 Å². The summed E-state index contributed by atoms with van der Waals surface area (Å²) in [5, 5.41) is 22.8. The summed E-state index contributed by atoms with van der Waals surface area (Å²) in [6.45, 7) is 12.9. The van der Waals surface area contributed by atoms with Crippen molar-refractivity contribution in [1.82, 2.24) is 19.8 Å². The largest absolute Gasteiger partial charge is 0.379 e. The van der Waals surface area contributed by atoms with Gasteiger partial charge in [0.05, 0.1) is 36.5 Å². The highest BCUT2D eigenvalue weighted by molar-refractivity contribution is 6.09. The smallest absolute Gasteiger partial charge is 0.324 e. The van der Waals surface area contributed by atoms with E-state index in [-0.39, 0.29) is 11.4 Å². The Morgan fingerprint density at radius 3 is 2.20 bits per heavy atom. The van der Waals surface area contributed by atoms with Crippen LogP contribution >= 0.6 is 0 Å². The molecule has 44 heavy (non-hydrogen) atoms. The molecule has 9 heteroatoms. The van der Waals surface area contributed by atoms with Crippen LogP contribution in [0.2, 0.25) is 0 Å². The second-order valence-electron chi connectivity index (χ2n) is 12.0. The number of pyridine rings is 1. The number of ether oxygens (including phenoxy) is 1. The zero-order chi connectivity index (χ0) is 31.3. The van der Waals surface area contributed by atoms with Gasteiger partial charge >= 0.3 is 6.03 Å². The van der Waals surface area contributed by atoms with Crippen LogP contribution in [0.5, 0.6) is 0 Å². The summed E-state index contributed by atoms with van der Waals surface area (Å²) >= 11 is 0. The monoisotopic (exact) mass is 592 g/mol. The fourth-order valence-electron chi connectivity index (χ4n) is 4.84. The van der Waals surface area contributed by atoms with Crippen molar-refractivity contribution in [3.05, 3.63) is 102 Å². The van der Waals surface area contributed by atoms with Gasteiger partial charge in [-0.1, -0.05) is 80.9 Å². The molecule has 0 saturated carbocycles. The Bertz CT molecular complexity index is 1720. The second-order valence-corrected chi connectivity index (χ2v) is 12.0. The van der Waals surface area contributed by atoms with Crippen molar-refractivity contribution < 1.29 is 14.7 Å². The van der Waals surface area contributed by atoms with E-state index in [4.69, 9.17) is 15.0 Å². The summed E-state index contributed by atoms with van der Waals surface area (Å²) in [6.07, 6.45) is 1.76. The van der Waals surface area contributed by atoms with E-state index >= 15 is 0 Å². The fraction of sp³-hybridized carbons (Fsp3) is 0.286. The lowest BCUT2D eigenvalue weighted by atomic mass is 9.92. The molecule has 0 aliphatic carbocycles. The number of nitrogens with zero attached hydrogens (tertiary/aromatic N) is 4. The molecule has 6 rings (SSSR count). The third-order valence-corrected chi connectivity index (χ3v) is 7.38. The summed E-state index contributed by atoms with van der Waals surface area (Å²) in [5.41, 5.74) is 6.62. The van der Waals surface area contributed by atoms with Crippen LogP contribution in [0.15, 0.2) is 85.1 Å². The predicted molar refractivity (Wildman–Crippen MR) is 176 cm³/mol. The number of amides is 2. The number of hydroxylamine groups is 2. The van der Waals surface area contributed by atoms with Crippen LogP contribution < -0.4 is 10.6 Å². The number of urea groups is 1. The summed E-state index contributed by atoms with van der Waals surface area (Å²) in [7, 11) is 0. The molecule has 0 bridgehead atoms. The highest BCUT2D eigenvalue weighted by Gasteiger charge is 2.22. The number of morpholine rings is 1. The first-order chi connectivity index (χ1) is 21.1.